The fraction of sp³-hybridized carbons (Fsp3) is 0.167. The molecule has 5 heteroatoms. The number of hydrogen-bond donors (Lipinski definition) is 0. The molecule has 0 aliphatic carbocycles. The molecule has 5 nitrogen and oxygen atoms in total. The van der Waals surface area contributed by atoms with Crippen LogP contribution in [-0.2, 0) is 20.9 Å². The van der Waals surface area contributed by atoms with Crippen LogP contribution in [0.4, 0.5) is 0 Å². The first-order valence-electron chi connectivity index (χ1n) is 9.39. The first kappa shape index (κ1) is 18.7. The van der Waals surface area contributed by atoms with Gasteiger partial charge in [-0.15, -0.1) is 0 Å². The van der Waals surface area contributed by atoms with Gasteiger partial charge < -0.3 is 14.2 Å². The molecule has 0 aromatic heterocycles. The number of nitrogens with zero attached hydrogens (tertiary/aromatic N) is 1. The van der Waals surface area contributed by atoms with E-state index in [9.17, 15) is 4.79 Å². The molecular weight excluding hydrogens is 366 g/mol. The molecule has 1 aliphatic heterocycles. The van der Waals surface area contributed by atoms with E-state index < -0.39 is 18.1 Å². The Bertz CT molecular complexity index is 984. The molecular formula is C24H21NO4. The minimum Gasteiger partial charge on any atom is -0.497 e. The van der Waals surface area contributed by atoms with Gasteiger partial charge in [-0.25, -0.2) is 9.79 Å². The maximum absolute atomic E-state index is 12.9. The van der Waals surface area contributed by atoms with Crippen molar-refractivity contribution in [3.63, 3.8) is 0 Å². The highest BCUT2D eigenvalue weighted by Gasteiger charge is 2.39. The second kappa shape index (κ2) is 8.61. The second-order valence-electron chi connectivity index (χ2n) is 6.65. The molecule has 3 aromatic rings. The van der Waals surface area contributed by atoms with E-state index in [1.807, 2.05) is 84.9 Å². The standard InChI is InChI=1S/C24H21NO4/c1-27-20-14-12-17(13-15-20)16-28-24(26)22-21(18-8-4-2-5-9-18)25-23(29-22)19-10-6-3-7-11-19/h2-15,21-22H,16H2,1H3/t21-,22+/m0/s1. The minimum absolute atomic E-state index is 0.158. The molecule has 0 fully saturated rings. The van der Waals surface area contributed by atoms with E-state index >= 15 is 0 Å². The molecule has 0 saturated heterocycles. The molecule has 0 bridgehead atoms. The van der Waals surface area contributed by atoms with Crippen LogP contribution >= 0.6 is 0 Å². The van der Waals surface area contributed by atoms with Crippen LogP contribution < -0.4 is 4.74 Å². The zero-order chi connectivity index (χ0) is 20.1. The smallest absolute Gasteiger partial charge is 0.350 e. The monoisotopic (exact) mass is 387 g/mol. The summed E-state index contributed by atoms with van der Waals surface area (Å²) in [5.41, 5.74) is 2.61. The maximum atomic E-state index is 12.9. The van der Waals surface area contributed by atoms with Gasteiger partial charge in [-0.1, -0.05) is 60.7 Å². The summed E-state index contributed by atoms with van der Waals surface area (Å²) in [6.45, 7) is 0.158. The molecule has 0 spiro atoms. The van der Waals surface area contributed by atoms with Crippen LogP contribution in [0.15, 0.2) is 89.9 Å². The molecule has 1 aliphatic rings. The van der Waals surface area contributed by atoms with Gasteiger partial charge in [0.2, 0.25) is 12.0 Å². The Morgan fingerprint density at radius 1 is 0.931 bits per heavy atom. The third-order valence-electron chi connectivity index (χ3n) is 4.72. The summed E-state index contributed by atoms with van der Waals surface area (Å²) < 4.78 is 16.7. The van der Waals surface area contributed by atoms with Crippen LogP contribution in [0.2, 0.25) is 0 Å². The lowest BCUT2D eigenvalue weighted by Gasteiger charge is -2.17. The average molecular weight is 387 g/mol. The SMILES string of the molecule is COc1ccc(COC(=O)[C@@H]2OC(c3ccccc3)=N[C@H]2c2ccccc2)cc1. The Kier molecular flexibility index (Phi) is 5.56. The topological polar surface area (TPSA) is 57.1 Å². The van der Waals surface area contributed by atoms with Gasteiger partial charge >= 0.3 is 5.97 Å². The van der Waals surface area contributed by atoms with Gasteiger partial charge in [0.15, 0.2) is 0 Å². The molecule has 0 unspecified atom stereocenters. The molecule has 146 valence electrons. The van der Waals surface area contributed by atoms with E-state index in [1.54, 1.807) is 7.11 Å². The number of benzene rings is 3. The fourth-order valence-corrected chi connectivity index (χ4v) is 3.17. The Morgan fingerprint density at radius 3 is 2.24 bits per heavy atom. The first-order chi connectivity index (χ1) is 14.2. The van der Waals surface area contributed by atoms with Gasteiger partial charge in [0, 0.05) is 5.56 Å². The zero-order valence-electron chi connectivity index (χ0n) is 16.0. The largest absolute Gasteiger partial charge is 0.497 e. The number of rotatable bonds is 6. The maximum Gasteiger partial charge on any atom is 0.350 e. The van der Waals surface area contributed by atoms with E-state index in [0.717, 1.165) is 22.4 Å². The van der Waals surface area contributed by atoms with Crippen molar-refractivity contribution in [2.24, 2.45) is 4.99 Å². The summed E-state index contributed by atoms with van der Waals surface area (Å²) in [5.74, 6) is 0.763. The van der Waals surface area contributed by atoms with Crippen LogP contribution in [-0.4, -0.2) is 25.1 Å². The molecule has 0 saturated carbocycles. The van der Waals surface area contributed by atoms with Crippen molar-refractivity contribution < 1.29 is 19.0 Å². The predicted molar refractivity (Wildman–Crippen MR) is 110 cm³/mol. The Labute approximate surface area is 169 Å². The molecule has 1 heterocycles. The van der Waals surface area contributed by atoms with E-state index in [2.05, 4.69) is 4.99 Å². The number of methoxy groups -OCH3 is 1. The predicted octanol–water partition coefficient (Wildman–Crippen LogP) is 4.33. The van der Waals surface area contributed by atoms with Crippen molar-refractivity contribution in [3.05, 3.63) is 102 Å². The van der Waals surface area contributed by atoms with Crippen LogP contribution in [0, 0.1) is 0 Å². The van der Waals surface area contributed by atoms with Crippen molar-refractivity contribution in [3.8, 4) is 5.75 Å². The zero-order valence-corrected chi connectivity index (χ0v) is 16.0. The van der Waals surface area contributed by atoms with Crippen LogP contribution in [0.3, 0.4) is 0 Å². The minimum atomic E-state index is -0.828. The third-order valence-corrected chi connectivity index (χ3v) is 4.72. The fourth-order valence-electron chi connectivity index (χ4n) is 3.17. The summed E-state index contributed by atoms with van der Waals surface area (Å²) in [4.78, 5) is 17.5. The van der Waals surface area contributed by atoms with Gasteiger partial charge in [0.1, 0.15) is 18.4 Å². The summed E-state index contributed by atoms with van der Waals surface area (Å²) in [6, 6.07) is 26.2. The van der Waals surface area contributed by atoms with Crippen molar-refractivity contribution >= 4 is 11.9 Å². The first-order valence-corrected chi connectivity index (χ1v) is 9.39. The van der Waals surface area contributed by atoms with Crippen LogP contribution in [0.25, 0.3) is 0 Å². The highest BCUT2D eigenvalue weighted by molar-refractivity contribution is 5.98. The van der Waals surface area contributed by atoms with Gasteiger partial charge in [0.25, 0.3) is 0 Å². The van der Waals surface area contributed by atoms with Crippen molar-refractivity contribution in [2.45, 2.75) is 18.8 Å². The van der Waals surface area contributed by atoms with Gasteiger partial charge in [-0.3, -0.25) is 0 Å². The van der Waals surface area contributed by atoms with Gasteiger partial charge in [0.05, 0.1) is 7.11 Å². The second-order valence-corrected chi connectivity index (χ2v) is 6.65. The Morgan fingerprint density at radius 2 is 1.59 bits per heavy atom. The van der Waals surface area contributed by atoms with E-state index in [0.29, 0.717) is 5.90 Å². The van der Waals surface area contributed by atoms with Crippen molar-refractivity contribution in [1.29, 1.82) is 0 Å². The third kappa shape index (κ3) is 4.29. The van der Waals surface area contributed by atoms with Gasteiger partial charge in [-0.05, 0) is 35.4 Å². The highest BCUT2D eigenvalue weighted by Crippen LogP contribution is 2.32. The van der Waals surface area contributed by atoms with Crippen molar-refractivity contribution in [2.75, 3.05) is 7.11 Å². The van der Waals surface area contributed by atoms with Crippen LogP contribution in [0.1, 0.15) is 22.7 Å². The quantitative estimate of drug-likeness (QED) is 0.591. The number of aliphatic imine (C=N–C) groups is 1. The summed E-state index contributed by atoms with van der Waals surface area (Å²) in [6.07, 6.45) is -0.828. The van der Waals surface area contributed by atoms with Crippen molar-refractivity contribution in [1.82, 2.24) is 0 Å². The number of esters is 1. The average Bonchev–Trinajstić information content (AvgIpc) is 3.25. The number of carbonyl (C=O) groups is 1. The lowest BCUT2D eigenvalue weighted by Crippen LogP contribution is -2.29. The summed E-state index contributed by atoms with van der Waals surface area (Å²) in [5, 5.41) is 0. The molecule has 29 heavy (non-hydrogen) atoms. The molecule has 2 atom stereocenters. The lowest BCUT2D eigenvalue weighted by atomic mass is 10.0. The lowest BCUT2D eigenvalue weighted by molar-refractivity contribution is -0.154. The molecule has 0 N–H and O–H groups in total. The normalized spacial score (nSPS) is 17.9. The van der Waals surface area contributed by atoms with Crippen LogP contribution in [0.5, 0.6) is 5.75 Å². The molecule has 0 radical (unpaired) electrons. The number of hydrogen-bond acceptors (Lipinski definition) is 5. The summed E-state index contributed by atoms with van der Waals surface area (Å²) in [7, 11) is 1.61. The van der Waals surface area contributed by atoms with E-state index in [1.165, 1.54) is 0 Å². The molecule has 0 amide bonds. The number of ether oxygens (including phenoxy) is 3. The summed E-state index contributed by atoms with van der Waals surface area (Å²) >= 11 is 0. The number of carbonyl (C=O) groups excluding carboxylic acids is 1. The molecule has 3 aromatic carbocycles. The van der Waals surface area contributed by atoms with E-state index in [4.69, 9.17) is 14.2 Å². The Hall–Kier alpha value is -3.60. The Balaban J connectivity index is 1.51. The molecule has 4 rings (SSSR count). The highest BCUT2D eigenvalue weighted by atomic mass is 16.6. The van der Waals surface area contributed by atoms with E-state index in [-0.39, 0.29) is 6.61 Å². The van der Waals surface area contributed by atoms with Gasteiger partial charge in [-0.2, -0.15) is 0 Å².